The molecule has 0 spiro atoms. The molecule has 0 bridgehead atoms. The second-order valence-electron chi connectivity index (χ2n) is 7.65. The third kappa shape index (κ3) is 5.38. The summed E-state index contributed by atoms with van der Waals surface area (Å²) in [6.45, 7) is 4.73. The number of carbonyl (C=O) groups is 4. The Balaban J connectivity index is 2.02. The van der Waals surface area contributed by atoms with Crippen LogP contribution in [0.5, 0.6) is 0 Å². The van der Waals surface area contributed by atoms with E-state index in [4.69, 9.17) is 0 Å². The van der Waals surface area contributed by atoms with E-state index in [9.17, 15) is 24.3 Å². The number of nitrogens with one attached hydrogen (secondary N) is 3. The molecule has 4 unspecified atom stereocenters. The monoisotopic (exact) mass is 414 g/mol. The zero-order valence-electron chi connectivity index (χ0n) is 16.3. The minimum Gasteiger partial charge on any atom is -0.480 e. The number of likely N-dealkylation sites (tertiary alicyclic amines) is 1. The van der Waals surface area contributed by atoms with Crippen molar-refractivity contribution in [2.24, 2.45) is 5.92 Å². The number of rotatable bonds is 8. The first kappa shape index (κ1) is 22.5. The van der Waals surface area contributed by atoms with Crippen LogP contribution in [0.1, 0.15) is 39.5 Å². The Kier molecular flexibility index (Phi) is 8.11. The minimum atomic E-state index is -1.05. The molecule has 10 heteroatoms. The lowest BCUT2D eigenvalue weighted by atomic mass is 10.0. The highest BCUT2D eigenvalue weighted by molar-refractivity contribution is 7.80. The molecule has 2 saturated heterocycles. The molecular formula is C18H30N4O5S. The average Bonchev–Trinajstić information content (AvgIpc) is 3.34. The third-order valence-corrected chi connectivity index (χ3v) is 5.61. The molecule has 0 aliphatic carbocycles. The van der Waals surface area contributed by atoms with Crippen molar-refractivity contribution in [3.8, 4) is 0 Å². The topological polar surface area (TPSA) is 128 Å². The summed E-state index contributed by atoms with van der Waals surface area (Å²) in [7, 11) is 0. The molecular weight excluding hydrogens is 384 g/mol. The molecule has 2 aliphatic rings. The highest BCUT2D eigenvalue weighted by atomic mass is 32.1. The van der Waals surface area contributed by atoms with Gasteiger partial charge in [-0.3, -0.25) is 14.4 Å². The maximum atomic E-state index is 12.8. The summed E-state index contributed by atoms with van der Waals surface area (Å²) >= 11 is 4.16. The van der Waals surface area contributed by atoms with E-state index < -0.39 is 35.9 Å². The molecule has 0 radical (unpaired) electrons. The molecule has 2 fully saturated rings. The lowest BCUT2D eigenvalue weighted by Crippen LogP contribution is -2.58. The molecule has 9 nitrogen and oxygen atoms in total. The lowest BCUT2D eigenvalue weighted by Gasteiger charge is -2.29. The molecule has 0 aromatic rings. The number of carboxylic acids is 1. The van der Waals surface area contributed by atoms with Crippen molar-refractivity contribution in [1.82, 2.24) is 20.9 Å². The molecule has 2 heterocycles. The molecule has 4 atom stereocenters. The Labute approximate surface area is 170 Å². The fraction of sp³-hybridized carbons (Fsp3) is 0.778. The maximum absolute atomic E-state index is 12.8. The number of hydrogen-bond donors (Lipinski definition) is 5. The van der Waals surface area contributed by atoms with Crippen LogP contribution in [0.25, 0.3) is 0 Å². The summed E-state index contributed by atoms with van der Waals surface area (Å²) < 4.78 is 0. The van der Waals surface area contributed by atoms with E-state index in [0.29, 0.717) is 19.4 Å². The van der Waals surface area contributed by atoms with E-state index in [-0.39, 0.29) is 23.6 Å². The fourth-order valence-electron chi connectivity index (χ4n) is 3.63. The molecule has 2 aliphatic heterocycles. The Hall–Kier alpha value is -1.81. The van der Waals surface area contributed by atoms with E-state index in [0.717, 1.165) is 19.4 Å². The van der Waals surface area contributed by atoms with Crippen LogP contribution in [0, 0.1) is 5.92 Å². The summed E-state index contributed by atoms with van der Waals surface area (Å²) in [5.41, 5.74) is 0. The van der Waals surface area contributed by atoms with Crippen LogP contribution in [-0.2, 0) is 19.2 Å². The number of aliphatic carboxylic acids is 1. The van der Waals surface area contributed by atoms with E-state index >= 15 is 0 Å². The quantitative estimate of drug-likeness (QED) is 0.337. The number of thiol groups is 1. The van der Waals surface area contributed by atoms with Gasteiger partial charge in [0.25, 0.3) is 0 Å². The van der Waals surface area contributed by atoms with Crippen LogP contribution >= 0.6 is 12.6 Å². The van der Waals surface area contributed by atoms with Gasteiger partial charge in [-0.05, 0) is 38.1 Å². The summed E-state index contributed by atoms with van der Waals surface area (Å²) in [5, 5.41) is 17.8. The van der Waals surface area contributed by atoms with Gasteiger partial charge in [0.15, 0.2) is 0 Å². The van der Waals surface area contributed by atoms with Crippen LogP contribution in [0.15, 0.2) is 0 Å². The van der Waals surface area contributed by atoms with Crippen molar-refractivity contribution < 1.29 is 24.3 Å². The van der Waals surface area contributed by atoms with Crippen molar-refractivity contribution in [2.45, 2.75) is 63.7 Å². The molecule has 0 saturated carbocycles. The van der Waals surface area contributed by atoms with Gasteiger partial charge in [-0.15, -0.1) is 0 Å². The van der Waals surface area contributed by atoms with Crippen LogP contribution in [0.2, 0.25) is 0 Å². The van der Waals surface area contributed by atoms with Crippen LogP contribution < -0.4 is 16.0 Å². The van der Waals surface area contributed by atoms with Crippen molar-refractivity contribution in [3.05, 3.63) is 0 Å². The van der Waals surface area contributed by atoms with E-state index in [1.165, 1.54) is 4.90 Å². The fourth-order valence-corrected chi connectivity index (χ4v) is 3.88. The summed E-state index contributed by atoms with van der Waals surface area (Å²) in [4.78, 5) is 50.5. The Bertz CT molecular complexity index is 609. The van der Waals surface area contributed by atoms with Crippen LogP contribution in [0.4, 0.5) is 0 Å². The smallest absolute Gasteiger partial charge is 0.326 e. The second kappa shape index (κ2) is 10.1. The van der Waals surface area contributed by atoms with Crippen molar-refractivity contribution in [1.29, 1.82) is 0 Å². The molecule has 2 rings (SSSR count). The first-order valence-electron chi connectivity index (χ1n) is 9.74. The summed E-state index contributed by atoms with van der Waals surface area (Å²) in [5.74, 6) is -2.35. The number of hydrogen-bond acceptors (Lipinski definition) is 6. The van der Waals surface area contributed by atoms with Gasteiger partial charge in [0.1, 0.15) is 18.1 Å². The molecule has 3 amide bonds. The zero-order valence-corrected chi connectivity index (χ0v) is 17.2. The van der Waals surface area contributed by atoms with Gasteiger partial charge in [-0.1, -0.05) is 13.8 Å². The lowest BCUT2D eigenvalue weighted by molar-refractivity contribution is -0.149. The van der Waals surface area contributed by atoms with E-state index in [1.807, 2.05) is 13.8 Å². The summed E-state index contributed by atoms with van der Waals surface area (Å²) in [6, 6.07) is -2.92. The van der Waals surface area contributed by atoms with E-state index in [1.54, 1.807) is 0 Å². The number of amides is 3. The van der Waals surface area contributed by atoms with Gasteiger partial charge in [0.05, 0.1) is 6.04 Å². The largest absolute Gasteiger partial charge is 0.480 e. The number of nitrogens with zero attached hydrogens (tertiary/aromatic N) is 1. The van der Waals surface area contributed by atoms with Crippen molar-refractivity contribution >= 4 is 36.3 Å². The van der Waals surface area contributed by atoms with Crippen molar-refractivity contribution in [2.75, 3.05) is 18.8 Å². The van der Waals surface area contributed by atoms with Crippen LogP contribution in [0.3, 0.4) is 0 Å². The van der Waals surface area contributed by atoms with Gasteiger partial charge < -0.3 is 26.0 Å². The third-order valence-electron chi connectivity index (χ3n) is 5.24. The predicted molar refractivity (Wildman–Crippen MR) is 106 cm³/mol. The Morgan fingerprint density at radius 3 is 2.43 bits per heavy atom. The van der Waals surface area contributed by atoms with Crippen molar-refractivity contribution in [3.63, 3.8) is 0 Å². The van der Waals surface area contributed by atoms with Gasteiger partial charge in [-0.2, -0.15) is 12.6 Å². The molecule has 158 valence electrons. The summed E-state index contributed by atoms with van der Waals surface area (Å²) in [6.07, 6.45) is 2.64. The standard InChI is InChI=1S/C18H30N4O5S/c1-10(2)14(21-15(23)11-5-3-7-19-11)16(24)20-12(9-28)17(25)22-8-4-6-13(22)18(26)27/h10-14,19,28H,3-9H2,1-2H3,(H,20,24)(H,21,23)(H,26,27). The van der Waals surface area contributed by atoms with Gasteiger partial charge in [0.2, 0.25) is 17.7 Å². The first-order chi connectivity index (χ1) is 13.3. The Morgan fingerprint density at radius 2 is 1.89 bits per heavy atom. The Morgan fingerprint density at radius 1 is 1.18 bits per heavy atom. The van der Waals surface area contributed by atoms with Gasteiger partial charge in [-0.25, -0.2) is 4.79 Å². The minimum absolute atomic E-state index is 0.0381. The molecule has 0 aromatic heterocycles. The second-order valence-corrected chi connectivity index (χ2v) is 8.02. The van der Waals surface area contributed by atoms with Gasteiger partial charge >= 0.3 is 5.97 Å². The normalized spacial score (nSPS) is 24.1. The SMILES string of the molecule is CC(C)C(NC(=O)C1CCCN1)C(=O)NC(CS)C(=O)N1CCCC1C(=O)O. The highest BCUT2D eigenvalue weighted by Crippen LogP contribution is 2.19. The molecule has 0 aromatic carbocycles. The highest BCUT2D eigenvalue weighted by Gasteiger charge is 2.38. The first-order valence-corrected chi connectivity index (χ1v) is 10.4. The van der Waals surface area contributed by atoms with Crippen LogP contribution in [-0.4, -0.2) is 76.7 Å². The van der Waals surface area contributed by atoms with E-state index in [2.05, 4.69) is 28.6 Å². The predicted octanol–water partition coefficient (Wildman–Crippen LogP) is -0.631. The maximum Gasteiger partial charge on any atom is 0.326 e. The number of carboxylic acid groups (broad SMARTS) is 1. The average molecular weight is 415 g/mol. The van der Waals surface area contributed by atoms with Gasteiger partial charge in [0, 0.05) is 12.3 Å². The zero-order chi connectivity index (χ0) is 20.8. The molecule has 4 N–H and O–H groups in total. The number of carbonyl (C=O) groups excluding carboxylic acids is 3. The molecule has 28 heavy (non-hydrogen) atoms.